The Labute approximate surface area is 157 Å². The van der Waals surface area contributed by atoms with Crippen molar-refractivity contribution in [2.75, 3.05) is 18.4 Å². The third kappa shape index (κ3) is 6.14. The van der Waals surface area contributed by atoms with Gasteiger partial charge in [0.15, 0.2) is 5.13 Å². The van der Waals surface area contributed by atoms with Crippen molar-refractivity contribution in [3.63, 3.8) is 0 Å². The number of hydrogen-bond acceptors (Lipinski definition) is 4. The number of hydrogen-bond donors (Lipinski definition) is 1. The first-order chi connectivity index (χ1) is 11.8. The molecule has 0 aliphatic rings. The maximum Gasteiger partial charge on any atom is 0.254 e. The maximum atomic E-state index is 12.8. The van der Waals surface area contributed by atoms with Crippen LogP contribution in [0.3, 0.4) is 0 Å². The molecule has 0 aliphatic carbocycles. The van der Waals surface area contributed by atoms with Gasteiger partial charge in [0.1, 0.15) is 6.54 Å². The standard InChI is InChI=1S/C18H22ClN3O2S/c1-12(2)7-8-22(17(24)14-5-4-6-15(19)9-14)10-16(23)21-18-20-13(3)11-25-18/h4-6,9,11-12H,7-8,10H2,1-3H3,(H,20,21,23). The number of nitrogens with zero attached hydrogens (tertiary/aromatic N) is 2. The van der Waals surface area contributed by atoms with E-state index in [0.29, 0.717) is 28.2 Å². The SMILES string of the molecule is Cc1csc(NC(=O)CN(CCC(C)C)C(=O)c2cccc(Cl)c2)n1. The zero-order chi connectivity index (χ0) is 18.4. The number of rotatable bonds is 7. The highest BCUT2D eigenvalue weighted by Crippen LogP contribution is 2.16. The third-order valence-electron chi connectivity index (χ3n) is 3.53. The molecule has 0 unspecified atom stereocenters. The van der Waals surface area contributed by atoms with Gasteiger partial charge < -0.3 is 10.2 Å². The fourth-order valence-corrected chi connectivity index (χ4v) is 3.11. The average Bonchev–Trinajstić information content (AvgIpc) is 2.95. The van der Waals surface area contributed by atoms with Gasteiger partial charge in [0.2, 0.25) is 5.91 Å². The lowest BCUT2D eigenvalue weighted by atomic mass is 10.1. The Morgan fingerprint density at radius 3 is 2.72 bits per heavy atom. The second-order valence-corrected chi connectivity index (χ2v) is 7.56. The van der Waals surface area contributed by atoms with Crippen LogP contribution >= 0.6 is 22.9 Å². The monoisotopic (exact) mass is 379 g/mol. The van der Waals surface area contributed by atoms with E-state index in [1.165, 1.54) is 11.3 Å². The van der Waals surface area contributed by atoms with Gasteiger partial charge in [-0.25, -0.2) is 4.98 Å². The van der Waals surface area contributed by atoms with E-state index in [-0.39, 0.29) is 18.4 Å². The Balaban J connectivity index is 2.08. The second-order valence-electron chi connectivity index (χ2n) is 6.26. The van der Waals surface area contributed by atoms with Crippen molar-refractivity contribution < 1.29 is 9.59 Å². The first-order valence-corrected chi connectivity index (χ1v) is 9.37. The lowest BCUT2D eigenvalue weighted by Gasteiger charge is -2.23. The zero-order valence-corrected chi connectivity index (χ0v) is 16.2. The van der Waals surface area contributed by atoms with Crippen molar-refractivity contribution in [2.45, 2.75) is 27.2 Å². The molecule has 1 heterocycles. The topological polar surface area (TPSA) is 62.3 Å². The molecule has 0 aliphatic heterocycles. The predicted molar refractivity (Wildman–Crippen MR) is 102 cm³/mol. The van der Waals surface area contributed by atoms with E-state index >= 15 is 0 Å². The number of carbonyl (C=O) groups is 2. The largest absolute Gasteiger partial charge is 0.329 e. The summed E-state index contributed by atoms with van der Waals surface area (Å²) in [5.41, 5.74) is 1.33. The van der Waals surface area contributed by atoms with E-state index in [0.717, 1.165) is 12.1 Å². The molecule has 1 aromatic carbocycles. The van der Waals surface area contributed by atoms with E-state index in [1.807, 2.05) is 12.3 Å². The Kier molecular flexibility index (Phi) is 6.96. The fraction of sp³-hybridized carbons (Fsp3) is 0.389. The number of carbonyl (C=O) groups excluding carboxylic acids is 2. The van der Waals surface area contributed by atoms with Gasteiger partial charge in [-0.2, -0.15) is 0 Å². The highest BCUT2D eigenvalue weighted by Gasteiger charge is 2.20. The molecule has 0 atom stereocenters. The molecular formula is C18H22ClN3O2S. The van der Waals surface area contributed by atoms with Crippen molar-refractivity contribution in [1.29, 1.82) is 0 Å². The number of aryl methyl sites for hydroxylation is 1. The van der Waals surface area contributed by atoms with Crippen molar-refractivity contribution >= 4 is 39.9 Å². The Bertz CT molecular complexity index is 745. The summed E-state index contributed by atoms with van der Waals surface area (Å²) in [4.78, 5) is 30.9. The number of benzene rings is 1. The first kappa shape index (κ1) is 19.4. The molecule has 0 radical (unpaired) electrons. The summed E-state index contributed by atoms with van der Waals surface area (Å²) in [6.07, 6.45) is 0.815. The molecule has 0 fully saturated rings. The van der Waals surface area contributed by atoms with E-state index in [2.05, 4.69) is 24.1 Å². The van der Waals surface area contributed by atoms with Gasteiger partial charge in [-0.15, -0.1) is 11.3 Å². The predicted octanol–water partition coefficient (Wildman–Crippen LogP) is 4.23. The van der Waals surface area contributed by atoms with Gasteiger partial charge in [-0.3, -0.25) is 9.59 Å². The van der Waals surface area contributed by atoms with Crippen LogP contribution in [0.1, 0.15) is 36.3 Å². The highest BCUT2D eigenvalue weighted by atomic mass is 35.5. The zero-order valence-electron chi connectivity index (χ0n) is 14.6. The lowest BCUT2D eigenvalue weighted by Crippen LogP contribution is -2.39. The van der Waals surface area contributed by atoms with Gasteiger partial charge >= 0.3 is 0 Å². The van der Waals surface area contributed by atoms with Crippen LogP contribution in [-0.4, -0.2) is 34.8 Å². The molecule has 5 nitrogen and oxygen atoms in total. The lowest BCUT2D eigenvalue weighted by molar-refractivity contribution is -0.116. The van der Waals surface area contributed by atoms with E-state index < -0.39 is 0 Å². The Morgan fingerprint density at radius 1 is 1.36 bits per heavy atom. The maximum absolute atomic E-state index is 12.8. The molecule has 0 bridgehead atoms. The van der Waals surface area contributed by atoms with Crippen LogP contribution in [0.15, 0.2) is 29.6 Å². The van der Waals surface area contributed by atoms with E-state index in [4.69, 9.17) is 11.6 Å². The van der Waals surface area contributed by atoms with Crippen LogP contribution in [0, 0.1) is 12.8 Å². The summed E-state index contributed by atoms with van der Waals surface area (Å²) >= 11 is 7.35. The van der Waals surface area contributed by atoms with E-state index in [9.17, 15) is 9.59 Å². The molecule has 0 saturated carbocycles. The average molecular weight is 380 g/mol. The molecule has 0 spiro atoms. The van der Waals surface area contributed by atoms with Crippen LogP contribution in [0.2, 0.25) is 5.02 Å². The molecule has 1 N–H and O–H groups in total. The minimum absolute atomic E-state index is 0.0172. The molecular weight excluding hydrogens is 358 g/mol. The smallest absolute Gasteiger partial charge is 0.254 e. The first-order valence-electron chi connectivity index (χ1n) is 8.12. The second kappa shape index (κ2) is 8.97. The van der Waals surface area contributed by atoms with Gasteiger partial charge in [-0.1, -0.05) is 31.5 Å². The molecule has 7 heteroatoms. The number of amides is 2. The number of halogens is 1. The summed E-state index contributed by atoms with van der Waals surface area (Å²) in [5, 5.41) is 5.65. The van der Waals surface area contributed by atoms with Crippen LogP contribution < -0.4 is 5.32 Å². The number of aromatic nitrogens is 1. The molecule has 2 rings (SSSR count). The van der Waals surface area contributed by atoms with Crippen LogP contribution in [-0.2, 0) is 4.79 Å². The minimum atomic E-state index is -0.256. The summed E-state index contributed by atoms with van der Waals surface area (Å²) < 4.78 is 0. The normalized spacial score (nSPS) is 10.8. The van der Waals surface area contributed by atoms with Crippen molar-refractivity contribution in [1.82, 2.24) is 9.88 Å². The van der Waals surface area contributed by atoms with Crippen LogP contribution in [0.4, 0.5) is 5.13 Å². The summed E-state index contributed by atoms with van der Waals surface area (Å²) in [5.74, 6) is -0.0264. The minimum Gasteiger partial charge on any atom is -0.329 e. The molecule has 0 saturated heterocycles. The number of nitrogens with one attached hydrogen (secondary N) is 1. The molecule has 2 amide bonds. The van der Waals surface area contributed by atoms with Gasteiger partial charge in [0.05, 0.1) is 5.69 Å². The number of thiazole rings is 1. The molecule has 1 aromatic heterocycles. The van der Waals surface area contributed by atoms with Gasteiger partial charge in [0, 0.05) is 22.5 Å². The van der Waals surface area contributed by atoms with Gasteiger partial charge in [-0.05, 0) is 37.5 Å². The quantitative estimate of drug-likeness (QED) is 0.782. The third-order valence-corrected chi connectivity index (χ3v) is 4.65. The molecule has 134 valence electrons. The summed E-state index contributed by atoms with van der Waals surface area (Å²) in [6.45, 7) is 6.52. The number of anilines is 1. The Morgan fingerprint density at radius 2 is 2.12 bits per heavy atom. The molecule has 25 heavy (non-hydrogen) atoms. The fourth-order valence-electron chi connectivity index (χ4n) is 2.21. The van der Waals surface area contributed by atoms with Crippen molar-refractivity contribution in [2.24, 2.45) is 5.92 Å². The highest BCUT2D eigenvalue weighted by molar-refractivity contribution is 7.13. The van der Waals surface area contributed by atoms with Crippen molar-refractivity contribution in [3.8, 4) is 0 Å². The van der Waals surface area contributed by atoms with Crippen LogP contribution in [0.25, 0.3) is 0 Å². The van der Waals surface area contributed by atoms with E-state index in [1.54, 1.807) is 29.2 Å². The van der Waals surface area contributed by atoms with Crippen molar-refractivity contribution in [3.05, 3.63) is 45.9 Å². The Hall–Kier alpha value is -1.92. The molecule has 2 aromatic rings. The van der Waals surface area contributed by atoms with Crippen LogP contribution in [0.5, 0.6) is 0 Å². The summed E-state index contributed by atoms with van der Waals surface area (Å²) in [6, 6.07) is 6.77. The van der Waals surface area contributed by atoms with Gasteiger partial charge in [0.25, 0.3) is 5.91 Å². The summed E-state index contributed by atoms with van der Waals surface area (Å²) in [7, 11) is 0.